The van der Waals surface area contributed by atoms with Gasteiger partial charge >= 0.3 is 0 Å². The first-order valence-electron chi connectivity index (χ1n) is 4.71. The lowest BCUT2D eigenvalue weighted by Gasteiger charge is -2.14. The minimum absolute atomic E-state index is 0.258. The van der Waals surface area contributed by atoms with Crippen molar-refractivity contribution in [2.45, 2.75) is 13.0 Å². The van der Waals surface area contributed by atoms with E-state index in [1.807, 2.05) is 12.4 Å². The minimum Gasteiger partial charge on any atom is -0.300 e. The Labute approximate surface area is 94.9 Å². The zero-order valence-electron chi connectivity index (χ0n) is 9.01. The second kappa shape index (κ2) is 5.58. The van der Waals surface area contributed by atoms with Crippen molar-refractivity contribution in [2.24, 2.45) is 0 Å². The van der Waals surface area contributed by atoms with Crippen LogP contribution in [0.4, 0.5) is 0 Å². The summed E-state index contributed by atoms with van der Waals surface area (Å²) in [6, 6.07) is 0. The van der Waals surface area contributed by atoms with E-state index in [1.165, 1.54) is 6.26 Å². The summed E-state index contributed by atoms with van der Waals surface area (Å²) in [5.74, 6) is 0.258. The van der Waals surface area contributed by atoms with Gasteiger partial charge < -0.3 is 4.90 Å². The molecule has 0 amide bonds. The van der Waals surface area contributed by atoms with Crippen molar-refractivity contribution in [3.63, 3.8) is 0 Å². The molecule has 6 heteroatoms. The number of hydrogen-bond donors (Lipinski definition) is 0. The fraction of sp³-hybridized carbons (Fsp3) is 0.667. The van der Waals surface area contributed by atoms with E-state index in [-0.39, 0.29) is 5.75 Å². The van der Waals surface area contributed by atoms with Gasteiger partial charge in [0.1, 0.15) is 9.84 Å². The van der Waals surface area contributed by atoms with Crippen LogP contribution in [0.5, 0.6) is 0 Å². The summed E-state index contributed by atoms with van der Waals surface area (Å²) in [5, 5.41) is 2.01. The fourth-order valence-electron chi connectivity index (χ4n) is 1.27. The van der Waals surface area contributed by atoms with Crippen molar-refractivity contribution < 1.29 is 8.42 Å². The molecular weight excluding hydrogens is 232 g/mol. The minimum atomic E-state index is -2.82. The third-order valence-electron chi connectivity index (χ3n) is 1.97. The number of hydrogen-bond acceptors (Lipinski definition) is 5. The Hall–Kier alpha value is -0.460. The van der Waals surface area contributed by atoms with Gasteiger partial charge in [-0.15, -0.1) is 11.3 Å². The van der Waals surface area contributed by atoms with Crippen molar-refractivity contribution in [1.82, 2.24) is 9.88 Å². The van der Waals surface area contributed by atoms with Gasteiger partial charge in [0.05, 0.1) is 17.0 Å². The molecule has 0 aliphatic heterocycles. The average Bonchev–Trinajstić information content (AvgIpc) is 2.54. The van der Waals surface area contributed by atoms with Crippen LogP contribution in [0.15, 0.2) is 10.9 Å². The molecule has 4 nitrogen and oxygen atoms in total. The van der Waals surface area contributed by atoms with Gasteiger partial charge in [0.25, 0.3) is 0 Å². The lowest BCUT2D eigenvalue weighted by molar-refractivity contribution is 0.324. The molecule has 0 aliphatic carbocycles. The topological polar surface area (TPSA) is 50.3 Å². The third kappa shape index (κ3) is 5.86. The van der Waals surface area contributed by atoms with E-state index in [4.69, 9.17) is 0 Å². The molecule has 1 rings (SSSR count). The van der Waals surface area contributed by atoms with Crippen molar-refractivity contribution in [3.8, 4) is 0 Å². The van der Waals surface area contributed by atoms with Crippen molar-refractivity contribution in [3.05, 3.63) is 16.6 Å². The lowest BCUT2D eigenvalue weighted by atomic mass is 10.4. The van der Waals surface area contributed by atoms with Gasteiger partial charge in [0.15, 0.2) is 0 Å². The van der Waals surface area contributed by atoms with Gasteiger partial charge in [-0.05, 0) is 20.0 Å². The molecule has 0 saturated carbocycles. The Morgan fingerprint density at radius 3 is 2.80 bits per heavy atom. The molecule has 86 valence electrons. The molecule has 0 aliphatic rings. The number of aromatic nitrogens is 1. The van der Waals surface area contributed by atoms with Gasteiger partial charge in [-0.1, -0.05) is 0 Å². The predicted molar refractivity (Wildman–Crippen MR) is 62.8 cm³/mol. The highest BCUT2D eigenvalue weighted by Gasteiger charge is 2.05. The van der Waals surface area contributed by atoms with Crippen molar-refractivity contribution in [2.75, 3.05) is 25.6 Å². The van der Waals surface area contributed by atoms with E-state index < -0.39 is 9.84 Å². The second-order valence-corrected chi connectivity index (χ2v) is 6.68. The highest BCUT2D eigenvalue weighted by atomic mass is 32.2. The molecule has 0 N–H and O–H groups in total. The van der Waals surface area contributed by atoms with E-state index >= 15 is 0 Å². The summed E-state index contributed by atoms with van der Waals surface area (Å²) in [7, 11) is -0.848. The largest absolute Gasteiger partial charge is 0.300 e. The van der Waals surface area contributed by atoms with Crippen LogP contribution in [0.1, 0.15) is 12.1 Å². The van der Waals surface area contributed by atoms with E-state index in [0.717, 1.165) is 18.8 Å². The van der Waals surface area contributed by atoms with Crippen LogP contribution >= 0.6 is 11.3 Å². The molecule has 0 atom stereocenters. The van der Waals surface area contributed by atoms with E-state index in [0.29, 0.717) is 6.42 Å². The van der Waals surface area contributed by atoms with Crippen molar-refractivity contribution in [1.29, 1.82) is 0 Å². The first-order chi connectivity index (χ1) is 6.97. The Morgan fingerprint density at radius 2 is 2.27 bits per heavy atom. The summed E-state index contributed by atoms with van der Waals surface area (Å²) < 4.78 is 21.8. The highest BCUT2D eigenvalue weighted by Crippen LogP contribution is 2.04. The Balaban J connectivity index is 2.22. The number of sulfone groups is 1. The Bertz CT molecular complexity index is 373. The van der Waals surface area contributed by atoms with Gasteiger partial charge in [-0.3, -0.25) is 0 Å². The summed E-state index contributed by atoms with van der Waals surface area (Å²) in [6.45, 7) is 1.57. The molecule has 0 radical (unpaired) electrons. The Kier molecular flexibility index (Phi) is 4.69. The first-order valence-corrected chi connectivity index (χ1v) is 7.71. The van der Waals surface area contributed by atoms with Crippen LogP contribution in [-0.4, -0.2) is 43.9 Å². The molecule has 0 unspecified atom stereocenters. The van der Waals surface area contributed by atoms with Gasteiger partial charge in [-0.2, -0.15) is 0 Å². The number of nitrogens with zero attached hydrogens (tertiary/aromatic N) is 2. The van der Waals surface area contributed by atoms with Crippen LogP contribution in [0.25, 0.3) is 0 Å². The molecular formula is C9H16N2O2S2. The van der Waals surface area contributed by atoms with E-state index in [1.54, 1.807) is 16.8 Å². The van der Waals surface area contributed by atoms with Crippen LogP contribution in [-0.2, 0) is 16.4 Å². The van der Waals surface area contributed by atoms with Gasteiger partial charge in [0.2, 0.25) is 0 Å². The van der Waals surface area contributed by atoms with Crippen LogP contribution < -0.4 is 0 Å². The average molecular weight is 248 g/mol. The summed E-state index contributed by atoms with van der Waals surface area (Å²) >= 11 is 1.58. The monoisotopic (exact) mass is 248 g/mol. The molecule has 1 heterocycles. The fourth-order valence-corrected chi connectivity index (χ4v) is 2.47. The first kappa shape index (κ1) is 12.6. The summed E-state index contributed by atoms with van der Waals surface area (Å²) in [6.07, 6.45) is 1.95. The molecule has 0 spiro atoms. The van der Waals surface area contributed by atoms with Crippen LogP contribution in [0.2, 0.25) is 0 Å². The maximum atomic E-state index is 10.9. The van der Waals surface area contributed by atoms with E-state index in [9.17, 15) is 8.42 Å². The quantitative estimate of drug-likeness (QED) is 0.754. The summed E-state index contributed by atoms with van der Waals surface area (Å²) in [4.78, 5) is 6.26. The predicted octanol–water partition coefficient (Wildman–Crippen LogP) is 1.01. The third-order valence-corrected chi connectivity index (χ3v) is 3.64. The maximum Gasteiger partial charge on any atom is 0.147 e. The van der Waals surface area contributed by atoms with Gasteiger partial charge in [0, 0.05) is 18.2 Å². The zero-order chi connectivity index (χ0) is 11.3. The molecule has 0 saturated heterocycles. The van der Waals surface area contributed by atoms with Crippen molar-refractivity contribution >= 4 is 21.2 Å². The maximum absolute atomic E-state index is 10.9. The molecule has 0 bridgehead atoms. The van der Waals surface area contributed by atoms with Gasteiger partial charge in [-0.25, -0.2) is 13.4 Å². The second-order valence-electron chi connectivity index (χ2n) is 3.70. The molecule has 0 aromatic carbocycles. The zero-order valence-corrected chi connectivity index (χ0v) is 10.6. The highest BCUT2D eigenvalue weighted by molar-refractivity contribution is 7.90. The normalized spacial score (nSPS) is 12.2. The number of rotatable bonds is 6. The molecule has 0 fully saturated rings. The SMILES string of the molecule is CN(CCCS(C)(=O)=O)Cc1cscn1. The number of thiazole rings is 1. The smallest absolute Gasteiger partial charge is 0.147 e. The van der Waals surface area contributed by atoms with Crippen LogP contribution in [0.3, 0.4) is 0 Å². The standard InChI is InChI=1S/C9H16N2O2S2/c1-11(4-3-5-15(2,12)13)6-9-7-14-8-10-9/h7-8H,3-6H2,1-2H3. The van der Waals surface area contributed by atoms with E-state index in [2.05, 4.69) is 9.88 Å². The molecule has 1 aromatic heterocycles. The lowest BCUT2D eigenvalue weighted by Crippen LogP contribution is -2.21. The molecule has 15 heavy (non-hydrogen) atoms. The molecule has 1 aromatic rings. The summed E-state index contributed by atoms with van der Waals surface area (Å²) in [5.41, 5.74) is 2.85. The Morgan fingerprint density at radius 1 is 1.53 bits per heavy atom. The van der Waals surface area contributed by atoms with Crippen LogP contribution in [0, 0.1) is 0 Å².